The van der Waals surface area contributed by atoms with Crippen LogP contribution in [0.15, 0.2) is 23.1 Å². The molecule has 2 aliphatic rings. The Bertz CT molecular complexity index is 508. The molecule has 0 aromatic heterocycles. The minimum Gasteiger partial charge on any atom is -0.347 e. The van der Waals surface area contributed by atoms with E-state index in [1.54, 1.807) is 11.8 Å². The molecule has 1 aliphatic heterocycles. The summed E-state index contributed by atoms with van der Waals surface area (Å²) in [5, 5.41) is 5.20. The summed E-state index contributed by atoms with van der Waals surface area (Å²) >= 11 is 14.1. The Morgan fingerprint density at radius 1 is 1.29 bits per heavy atom. The van der Waals surface area contributed by atoms with Crippen LogP contribution in [0.25, 0.3) is 0 Å². The van der Waals surface area contributed by atoms with Gasteiger partial charge in [0.05, 0.1) is 18.2 Å². The lowest BCUT2D eigenvalue weighted by Crippen LogP contribution is -2.48. The van der Waals surface area contributed by atoms with Crippen molar-refractivity contribution in [3.05, 3.63) is 28.2 Å². The molecule has 1 aliphatic carbocycles. The Morgan fingerprint density at radius 3 is 2.76 bits per heavy atom. The maximum atomic E-state index is 6.30. The third-order valence-electron chi connectivity index (χ3n) is 4.15. The zero-order valence-corrected chi connectivity index (χ0v) is 14.2. The third-order valence-corrected chi connectivity index (χ3v) is 6.22. The van der Waals surface area contributed by atoms with Crippen LogP contribution in [0.1, 0.15) is 19.3 Å². The average Bonchev–Trinajstić information content (AvgIpc) is 2.91. The van der Waals surface area contributed by atoms with Gasteiger partial charge in [-0.25, -0.2) is 0 Å². The predicted octanol–water partition coefficient (Wildman–Crippen LogP) is 3.97. The van der Waals surface area contributed by atoms with E-state index in [9.17, 15) is 0 Å². The summed E-state index contributed by atoms with van der Waals surface area (Å²) in [4.78, 5) is 1.02. The SMILES string of the molecule is CNC1CCC2(CC1Sc1cc(Cl)ccc1Cl)OCCO2. The van der Waals surface area contributed by atoms with Crippen LogP contribution in [-0.4, -0.2) is 37.3 Å². The van der Waals surface area contributed by atoms with Crippen LogP contribution in [0, 0.1) is 0 Å². The van der Waals surface area contributed by atoms with Crippen molar-refractivity contribution in [2.45, 2.75) is 41.2 Å². The Hall–Kier alpha value is 0.0300. The van der Waals surface area contributed by atoms with Crippen LogP contribution in [-0.2, 0) is 9.47 Å². The first kappa shape index (κ1) is 15.9. The van der Waals surface area contributed by atoms with E-state index in [1.807, 2.05) is 25.2 Å². The molecule has 6 heteroatoms. The summed E-state index contributed by atoms with van der Waals surface area (Å²) in [6, 6.07) is 6.01. The van der Waals surface area contributed by atoms with Crippen LogP contribution >= 0.6 is 35.0 Å². The van der Waals surface area contributed by atoms with Gasteiger partial charge in [-0.2, -0.15) is 0 Å². The first-order chi connectivity index (χ1) is 10.1. The largest absolute Gasteiger partial charge is 0.347 e. The molecule has 2 fully saturated rings. The van der Waals surface area contributed by atoms with Gasteiger partial charge in [0.25, 0.3) is 0 Å². The standard InChI is InChI=1S/C15H19Cl2NO2S/c1-18-12-4-5-15(19-6-7-20-15)9-14(12)21-13-8-10(16)2-3-11(13)17/h2-3,8,12,14,18H,4-7,9H2,1H3. The van der Waals surface area contributed by atoms with Gasteiger partial charge < -0.3 is 14.8 Å². The number of ether oxygens (including phenoxy) is 2. The van der Waals surface area contributed by atoms with Crippen molar-refractivity contribution in [1.82, 2.24) is 5.32 Å². The van der Waals surface area contributed by atoms with E-state index < -0.39 is 5.79 Å². The molecule has 1 saturated carbocycles. The summed E-state index contributed by atoms with van der Waals surface area (Å²) in [6.07, 6.45) is 2.84. The third kappa shape index (κ3) is 3.52. The zero-order valence-electron chi connectivity index (χ0n) is 11.9. The highest BCUT2D eigenvalue weighted by Gasteiger charge is 2.45. The minimum atomic E-state index is -0.393. The molecule has 0 radical (unpaired) electrons. The van der Waals surface area contributed by atoms with E-state index in [4.69, 9.17) is 32.7 Å². The van der Waals surface area contributed by atoms with E-state index in [-0.39, 0.29) is 0 Å². The van der Waals surface area contributed by atoms with Gasteiger partial charge in [0.2, 0.25) is 0 Å². The monoisotopic (exact) mass is 347 g/mol. The number of nitrogens with one attached hydrogen (secondary N) is 1. The lowest BCUT2D eigenvalue weighted by atomic mass is 9.89. The first-order valence-corrected chi connectivity index (χ1v) is 8.82. The number of rotatable bonds is 3. The van der Waals surface area contributed by atoms with Gasteiger partial charge in [-0.3, -0.25) is 0 Å². The second kappa shape index (κ2) is 6.65. The van der Waals surface area contributed by atoms with Crippen LogP contribution in [0.3, 0.4) is 0 Å². The lowest BCUT2D eigenvalue weighted by Gasteiger charge is -2.40. The van der Waals surface area contributed by atoms with E-state index >= 15 is 0 Å². The molecule has 116 valence electrons. The van der Waals surface area contributed by atoms with Crippen molar-refractivity contribution in [1.29, 1.82) is 0 Å². The highest BCUT2D eigenvalue weighted by atomic mass is 35.5. The summed E-state index contributed by atoms with van der Waals surface area (Å²) in [6.45, 7) is 1.39. The summed E-state index contributed by atoms with van der Waals surface area (Å²) in [7, 11) is 2.01. The van der Waals surface area contributed by atoms with E-state index in [1.165, 1.54) is 0 Å². The molecule has 1 heterocycles. The molecule has 2 unspecified atom stereocenters. The fraction of sp³-hybridized carbons (Fsp3) is 0.600. The summed E-state index contributed by atoms with van der Waals surface area (Å²) in [5.41, 5.74) is 0. The molecule has 0 bridgehead atoms. The number of thioether (sulfide) groups is 1. The molecule has 2 atom stereocenters. The van der Waals surface area contributed by atoms with Crippen molar-refractivity contribution >= 4 is 35.0 Å². The van der Waals surface area contributed by atoms with Gasteiger partial charge in [-0.05, 0) is 31.7 Å². The Balaban J connectivity index is 1.78. The summed E-state index contributed by atoms with van der Waals surface area (Å²) in [5.74, 6) is -0.393. The van der Waals surface area contributed by atoms with E-state index in [0.29, 0.717) is 29.5 Å². The normalized spacial score (nSPS) is 28.1. The van der Waals surface area contributed by atoms with Crippen LogP contribution in [0.4, 0.5) is 0 Å². The van der Waals surface area contributed by atoms with Gasteiger partial charge in [0.1, 0.15) is 0 Å². The number of hydrogen-bond donors (Lipinski definition) is 1. The van der Waals surface area contributed by atoms with Crippen LogP contribution in [0.2, 0.25) is 10.0 Å². The second-order valence-electron chi connectivity index (χ2n) is 5.48. The smallest absolute Gasteiger partial charge is 0.169 e. The van der Waals surface area contributed by atoms with E-state index in [0.717, 1.165) is 29.2 Å². The molecule has 0 amide bonds. The molecule has 21 heavy (non-hydrogen) atoms. The molecule has 1 spiro atoms. The first-order valence-electron chi connectivity index (χ1n) is 7.19. The fourth-order valence-corrected chi connectivity index (χ4v) is 5.02. The van der Waals surface area contributed by atoms with Crippen LogP contribution in [0.5, 0.6) is 0 Å². The number of benzene rings is 1. The molecular weight excluding hydrogens is 329 g/mol. The van der Waals surface area contributed by atoms with Crippen LogP contribution < -0.4 is 5.32 Å². The van der Waals surface area contributed by atoms with Gasteiger partial charge >= 0.3 is 0 Å². The van der Waals surface area contributed by atoms with Gasteiger partial charge in [-0.1, -0.05) is 23.2 Å². The zero-order chi connectivity index (χ0) is 14.9. The topological polar surface area (TPSA) is 30.5 Å². The molecule has 1 aromatic rings. The Labute approximate surface area is 139 Å². The minimum absolute atomic E-state index is 0.345. The van der Waals surface area contributed by atoms with Gasteiger partial charge in [0, 0.05) is 34.1 Å². The maximum Gasteiger partial charge on any atom is 0.169 e. The molecule has 1 N–H and O–H groups in total. The fourth-order valence-electron chi connectivity index (χ4n) is 3.06. The molecular formula is C15H19Cl2NO2S. The maximum absolute atomic E-state index is 6.30. The quantitative estimate of drug-likeness (QED) is 0.895. The van der Waals surface area contributed by atoms with Crippen molar-refractivity contribution in [3.63, 3.8) is 0 Å². The molecule has 1 aromatic carbocycles. The summed E-state index contributed by atoms with van der Waals surface area (Å²) < 4.78 is 11.7. The Kier molecular flexibility index (Phi) is 5.04. The lowest BCUT2D eigenvalue weighted by molar-refractivity contribution is -0.177. The van der Waals surface area contributed by atoms with Crippen molar-refractivity contribution in [3.8, 4) is 0 Å². The number of halogens is 2. The number of hydrogen-bond acceptors (Lipinski definition) is 4. The Morgan fingerprint density at radius 2 is 2.05 bits per heavy atom. The second-order valence-corrected chi connectivity index (χ2v) is 7.60. The molecule has 1 saturated heterocycles. The van der Waals surface area contributed by atoms with E-state index in [2.05, 4.69) is 5.32 Å². The highest BCUT2D eigenvalue weighted by Crippen LogP contribution is 2.44. The van der Waals surface area contributed by atoms with Crippen molar-refractivity contribution in [2.24, 2.45) is 0 Å². The highest BCUT2D eigenvalue weighted by molar-refractivity contribution is 8.00. The van der Waals surface area contributed by atoms with Crippen molar-refractivity contribution in [2.75, 3.05) is 20.3 Å². The predicted molar refractivity (Wildman–Crippen MR) is 87.4 cm³/mol. The van der Waals surface area contributed by atoms with Crippen molar-refractivity contribution < 1.29 is 9.47 Å². The van der Waals surface area contributed by atoms with Gasteiger partial charge in [0.15, 0.2) is 5.79 Å². The van der Waals surface area contributed by atoms with Gasteiger partial charge in [-0.15, -0.1) is 11.8 Å². The molecule has 3 rings (SSSR count). The average molecular weight is 348 g/mol. The molecule has 3 nitrogen and oxygen atoms in total.